The maximum Gasteiger partial charge on any atom is 0.306 e. The number of rotatable bonds is 38. The Balaban J connectivity index is 3.96. The lowest BCUT2D eigenvalue weighted by molar-refractivity contribution is -0.150. The Morgan fingerprint density at radius 3 is 1.11 bits per heavy atom. The number of unbranched alkanes of at least 4 members (excludes halogenated alkanes) is 26. The monoisotopic (exact) mass is 625 g/mol. The average molecular weight is 625 g/mol. The molecule has 264 valence electrons. The van der Waals surface area contributed by atoms with Crippen molar-refractivity contribution in [1.82, 2.24) is 0 Å². The van der Waals surface area contributed by atoms with Gasteiger partial charge in [0.25, 0.3) is 0 Å². The molecule has 44 heavy (non-hydrogen) atoms. The summed E-state index contributed by atoms with van der Waals surface area (Å²) >= 11 is 0. The second-order valence-electron chi connectivity index (χ2n) is 13.6. The van der Waals surface area contributed by atoms with Crippen molar-refractivity contribution in [1.29, 1.82) is 0 Å². The van der Waals surface area contributed by atoms with Crippen LogP contribution >= 0.6 is 0 Å². The molecule has 0 unspecified atom stereocenters. The van der Waals surface area contributed by atoms with Gasteiger partial charge in [-0.3, -0.25) is 4.79 Å². The molecule has 4 heteroatoms. The summed E-state index contributed by atoms with van der Waals surface area (Å²) < 4.78 is 16.5. The fraction of sp³-hybridized carbons (Fsp3) is 0.975. The predicted molar refractivity (Wildman–Crippen MR) is 192 cm³/mol. The standard InChI is InChI=1S/C40H80O4/c1-4-6-8-10-12-14-16-18-20-22-24-26-28-30-33-39(44-40(41)35-32-36-43-38-37-42-3)34-31-29-27-25-23-21-19-17-15-13-11-9-7-5-2/h39H,4-38H2,1-3H3. The maximum atomic E-state index is 12.5. The molecular formula is C40H80O4. The smallest absolute Gasteiger partial charge is 0.306 e. The van der Waals surface area contributed by atoms with E-state index in [9.17, 15) is 4.79 Å². The van der Waals surface area contributed by atoms with Crippen molar-refractivity contribution >= 4 is 5.97 Å². The molecule has 0 saturated heterocycles. The van der Waals surface area contributed by atoms with Gasteiger partial charge in [0.15, 0.2) is 0 Å². The van der Waals surface area contributed by atoms with Crippen LogP contribution in [0, 0.1) is 0 Å². The highest BCUT2D eigenvalue weighted by molar-refractivity contribution is 5.69. The van der Waals surface area contributed by atoms with E-state index in [4.69, 9.17) is 14.2 Å². The first-order chi connectivity index (χ1) is 21.7. The molecule has 0 aliphatic rings. The van der Waals surface area contributed by atoms with E-state index < -0.39 is 0 Å². The van der Waals surface area contributed by atoms with Crippen LogP contribution in [0.4, 0.5) is 0 Å². The van der Waals surface area contributed by atoms with Gasteiger partial charge < -0.3 is 14.2 Å². The molecule has 0 aromatic heterocycles. The van der Waals surface area contributed by atoms with Gasteiger partial charge in [0.2, 0.25) is 0 Å². The van der Waals surface area contributed by atoms with Crippen molar-refractivity contribution in [3.05, 3.63) is 0 Å². The molecule has 0 aliphatic carbocycles. The molecule has 0 aliphatic heterocycles. The van der Waals surface area contributed by atoms with Gasteiger partial charge >= 0.3 is 5.97 Å². The van der Waals surface area contributed by atoms with E-state index >= 15 is 0 Å². The number of hydrogen-bond donors (Lipinski definition) is 0. The van der Waals surface area contributed by atoms with Gasteiger partial charge in [0.1, 0.15) is 6.10 Å². The molecule has 0 saturated carbocycles. The van der Waals surface area contributed by atoms with Gasteiger partial charge in [-0.05, 0) is 32.1 Å². The van der Waals surface area contributed by atoms with Crippen LogP contribution < -0.4 is 0 Å². The van der Waals surface area contributed by atoms with Gasteiger partial charge in [-0.1, -0.05) is 181 Å². The normalized spacial score (nSPS) is 11.5. The van der Waals surface area contributed by atoms with Crippen LogP contribution in [0.15, 0.2) is 0 Å². The molecule has 0 spiro atoms. The minimum Gasteiger partial charge on any atom is -0.462 e. The van der Waals surface area contributed by atoms with Crippen LogP contribution in [0.25, 0.3) is 0 Å². The highest BCUT2D eigenvalue weighted by Gasteiger charge is 2.14. The summed E-state index contributed by atoms with van der Waals surface area (Å²) in [6.45, 7) is 6.37. The zero-order chi connectivity index (χ0) is 32.0. The Bertz CT molecular complexity index is 505. The van der Waals surface area contributed by atoms with Crippen molar-refractivity contribution in [3.8, 4) is 0 Å². The number of methoxy groups -OCH3 is 1. The summed E-state index contributed by atoms with van der Waals surface area (Å²) in [4.78, 5) is 12.5. The zero-order valence-corrected chi connectivity index (χ0v) is 30.5. The van der Waals surface area contributed by atoms with E-state index in [0.717, 1.165) is 19.3 Å². The first-order valence-electron chi connectivity index (χ1n) is 20.0. The van der Waals surface area contributed by atoms with E-state index in [2.05, 4.69) is 13.8 Å². The van der Waals surface area contributed by atoms with E-state index in [0.29, 0.717) is 26.2 Å². The molecule has 0 bridgehead atoms. The quantitative estimate of drug-likeness (QED) is 0.0506. The predicted octanol–water partition coefficient (Wildman–Crippen LogP) is 13.1. The molecule has 0 aromatic rings. The van der Waals surface area contributed by atoms with E-state index in [1.54, 1.807) is 7.11 Å². The number of carbonyl (C=O) groups is 1. The zero-order valence-electron chi connectivity index (χ0n) is 30.5. The lowest BCUT2D eigenvalue weighted by Gasteiger charge is -2.18. The minimum atomic E-state index is -0.0407. The van der Waals surface area contributed by atoms with Crippen LogP contribution in [-0.4, -0.2) is 39.0 Å². The molecule has 0 atom stereocenters. The highest BCUT2D eigenvalue weighted by atomic mass is 16.5. The first kappa shape index (κ1) is 43.4. The average Bonchev–Trinajstić information content (AvgIpc) is 3.02. The Morgan fingerprint density at radius 2 is 0.773 bits per heavy atom. The van der Waals surface area contributed by atoms with Crippen LogP contribution in [0.2, 0.25) is 0 Å². The molecule has 0 radical (unpaired) electrons. The molecule has 0 fully saturated rings. The number of esters is 1. The lowest BCUT2D eigenvalue weighted by atomic mass is 10.0. The lowest BCUT2D eigenvalue weighted by Crippen LogP contribution is -2.19. The van der Waals surface area contributed by atoms with Crippen LogP contribution in [0.5, 0.6) is 0 Å². The Labute approximate surface area is 276 Å². The van der Waals surface area contributed by atoms with E-state index in [1.165, 1.54) is 180 Å². The summed E-state index contributed by atoms with van der Waals surface area (Å²) in [5.74, 6) is -0.0407. The van der Waals surface area contributed by atoms with Gasteiger partial charge in [-0.25, -0.2) is 0 Å². The fourth-order valence-electron chi connectivity index (χ4n) is 6.20. The molecule has 0 heterocycles. The van der Waals surface area contributed by atoms with Gasteiger partial charge in [-0.15, -0.1) is 0 Å². The van der Waals surface area contributed by atoms with E-state index in [-0.39, 0.29) is 12.1 Å². The molecule has 0 rings (SSSR count). The van der Waals surface area contributed by atoms with Crippen molar-refractivity contribution < 1.29 is 19.0 Å². The van der Waals surface area contributed by atoms with Crippen molar-refractivity contribution in [3.63, 3.8) is 0 Å². The third kappa shape index (κ3) is 35.9. The second-order valence-corrected chi connectivity index (χ2v) is 13.6. The molecule has 0 N–H and O–H groups in total. The SMILES string of the molecule is CCCCCCCCCCCCCCCCC(CCCCCCCCCCCCCCCC)OC(=O)CCCOCCOC. The summed E-state index contributed by atoms with van der Waals surface area (Å²) in [5.41, 5.74) is 0. The number of ether oxygens (including phenoxy) is 3. The molecule has 0 amide bonds. The minimum absolute atomic E-state index is 0.0407. The molecule has 0 aromatic carbocycles. The van der Waals surface area contributed by atoms with Gasteiger partial charge in [-0.2, -0.15) is 0 Å². The summed E-state index contributed by atoms with van der Waals surface area (Å²) in [5, 5.41) is 0. The van der Waals surface area contributed by atoms with Crippen molar-refractivity contribution in [2.24, 2.45) is 0 Å². The summed E-state index contributed by atoms with van der Waals surface area (Å²) in [6.07, 6.45) is 41.9. The molecular weight excluding hydrogens is 544 g/mol. The van der Waals surface area contributed by atoms with Gasteiger partial charge in [0.05, 0.1) is 13.2 Å². The Kier molecular flexibility index (Phi) is 38.0. The summed E-state index contributed by atoms with van der Waals surface area (Å²) in [7, 11) is 1.68. The van der Waals surface area contributed by atoms with Crippen molar-refractivity contribution in [2.75, 3.05) is 26.9 Å². The second kappa shape index (κ2) is 38.6. The summed E-state index contributed by atoms with van der Waals surface area (Å²) in [6, 6.07) is 0. The Hall–Kier alpha value is -0.610. The first-order valence-corrected chi connectivity index (χ1v) is 20.0. The van der Waals surface area contributed by atoms with Crippen molar-refractivity contribution in [2.45, 2.75) is 225 Å². The highest BCUT2D eigenvalue weighted by Crippen LogP contribution is 2.19. The maximum absolute atomic E-state index is 12.5. The fourth-order valence-corrected chi connectivity index (χ4v) is 6.20. The Morgan fingerprint density at radius 1 is 0.432 bits per heavy atom. The number of hydrogen-bond acceptors (Lipinski definition) is 4. The van der Waals surface area contributed by atoms with Crippen LogP contribution in [-0.2, 0) is 19.0 Å². The third-order valence-electron chi connectivity index (χ3n) is 9.16. The van der Waals surface area contributed by atoms with Gasteiger partial charge in [0, 0.05) is 20.1 Å². The number of carbonyl (C=O) groups excluding carboxylic acids is 1. The molecule has 4 nitrogen and oxygen atoms in total. The largest absolute Gasteiger partial charge is 0.462 e. The third-order valence-corrected chi connectivity index (χ3v) is 9.16. The van der Waals surface area contributed by atoms with Crippen LogP contribution in [0.1, 0.15) is 219 Å². The van der Waals surface area contributed by atoms with E-state index in [1.807, 2.05) is 0 Å². The topological polar surface area (TPSA) is 44.8 Å². The van der Waals surface area contributed by atoms with Crippen LogP contribution in [0.3, 0.4) is 0 Å².